The fraction of sp³-hybridized carbons (Fsp3) is 0.579. The van der Waals surface area contributed by atoms with Gasteiger partial charge in [0, 0.05) is 30.9 Å². The molecule has 0 N–H and O–H groups in total. The molecule has 2 aliphatic carbocycles. The lowest BCUT2D eigenvalue weighted by Crippen LogP contribution is -2.32. The van der Waals surface area contributed by atoms with Gasteiger partial charge in [-0.1, -0.05) is 32.9 Å². The summed E-state index contributed by atoms with van der Waals surface area (Å²) in [7, 11) is 4.10. The quantitative estimate of drug-likeness (QED) is 0.601. The van der Waals surface area contributed by atoms with Gasteiger partial charge in [-0.2, -0.15) is 10.2 Å². The van der Waals surface area contributed by atoms with E-state index >= 15 is 0 Å². The van der Waals surface area contributed by atoms with Gasteiger partial charge in [0.25, 0.3) is 0 Å². The molecule has 2 atom stereocenters. The monoisotopic (exact) mass is 297 g/mol. The molecule has 1 aromatic carbocycles. The highest BCUT2D eigenvalue weighted by molar-refractivity contribution is 5.94. The molecule has 2 aliphatic rings. The third-order valence-corrected chi connectivity index (χ3v) is 6.31. The molecule has 0 amide bonds. The van der Waals surface area contributed by atoms with E-state index in [1.54, 1.807) is 0 Å². The molecule has 0 aromatic heterocycles. The Balaban J connectivity index is 1.75. The Hall–Kier alpha value is -1.64. The first-order valence-corrected chi connectivity index (χ1v) is 8.22. The molecule has 0 unspecified atom stereocenters. The zero-order valence-corrected chi connectivity index (χ0v) is 14.4. The molecule has 0 saturated heterocycles. The lowest BCUT2D eigenvalue weighted by molar-refractivity contribution is 0.194. The van der Waals surface area contributed by atoms with Crippen molar-refractivity contribution in [3.8, 4) is 0 Å². The SMILES string of the molecule is CN(C)c1ccc(/C=N\N=C2\C[C@H]3CC[C@]2(C)C3(C)C)cc1. The minimum absolute atomic E-state index is 0.240. The van der Waals surface area contributed by atoms with E-state index in [-0.39, 0.29) is 5.41 Å². The van der Waals surface area contributed by atoms with Crippen molar-refractivity contribution >= 4 is 17.6 Å². The molecule has 22 heavy (non-hydrogen) atoms. The van der Waals surface area contributed by atoms with Crippen LogP contribution < -0.4 is 4.90 Å². The van der Waals surface area contributed by atoms with E-state index in [1.165, 1.54) is 24.2 Å². The van der Waals surface area contributed by atoms with Gasteiger partial charge in [0.1, 0.15) is 0 Å². The van der Waals surface area contributed by atoms with Gasteiger partial charge >= 0.3 is 0 Å². The normalized spacial score (nSPS) is 31.3. The molecular formula is C19H27N3. The molecule has 1 aromatic rings. The Morgan fingerprint density at radius 3 is 2.32 bits per heavy atom. The van der Waals surface area contributed by atoms with Crippen molar-refractivity contribution in [2.45, 2.75) is 40.0 Å². The third kappa shape index (κ3) is 2.27. The highest BCUT2D eigenvalue weighted by atomic mass is 15.2. The minimum atomic E-state index is 0.240. The maximum Gasteiger partial charge on any atom is 0.0568 e. The van der Waals surface area contributed by atoms with Crippen LogP contribution in [-0.4, -0.2) is 26.0 Å². The molecule has 2 saturated carbocycles. The fourth-order valence-electron chi connectivity index (χ4n) is 4.10. The maximum atomic E-state index is 4.60. The zero-order valence-electron chi connectivity index (χ0n) is 14.4. The van der Waals surface area contributed by atoms with Crippen molar-refractivity contribution in [3.05, 3.63) is 29.8 Å². The molecule has 118 valence electrons. The molecule has 0 spiro atoms. The summed E-state index contributed by atoms with van der Waals surface area (Å²) < 4.78 is 0. The van der Waals surface area contributed by atoms with E-state index in [9.17, 15) is 0 Å². The van der Waals surface area contributed by atoms with Crippen LogP contribution in [-0.2, 0) is 0 Å². The summed E-state index contributed by atoms with van der Waals surface area (Å²) >= 11 is 0. The van der Waals surface area contributed by atoms with Crippen LogP contribution in [0, 0.1) is 16.7 Å². The average molecular weight is 297 g/mol. The second-order valence-corrected chi connectivity index (χ2v) is 7.77. The van der Waals surface area contributed by atoms with Crippen molar-refractivity contribution in [2.24, 2.45) is 27.0 Å². The van der Waals surface area contributed by atoms with E-state index in [0.29, 0.717) is 5.41 Å². The summed E-state index contributed by atoms with van der Waals surface area (Å²) in [5.41, 5.74) is 4.21. The van der Waals surface area contributed by atoms with Gasteiger partial charge in [0.15, 0.2) is 0 Å². The third-order valence-electron chi connectivity index (χ3n) is 6.31. The standard InChI is InChI=1S/C19H27N3/c1-18(2)15-10-11-19(18,3)17(12-15)21-20-13-14-6-8-16(9-7-14)22(4)5/h6-9,13,15H,10-12H2,1-5H3/b20-13-,21-17-/t15-,19+/m1/s1. The fourth-order valence-corrected chi connectivity index (χ4v) is 4.10. The summed E-state index contributed by atoms with van der Waals surface area (Å²) in [4.78, 5) is 2.10. The lowest BCUT2D eigenvalue weighted by Gasteiger charge is -2.34. The number of nitrogens with zero attached hydrogens (tertiary/aromatic N) is 3. The van der Waals surface area contributed by atoms with Crippen LogP contribution in [0.3, 0.4) is 0 Å². The maximum absolute atomic E-state index is 4.60. The Morgan fingerprint density at radius 2 is 1.82 bits per heavy atom. The molecule has 0 aliphatic heterocycles. The number of rotatable bonds is 3. The van der Waals surface area contributed by atoms with Gasteiger partial charge in [-0.05, 0) is 48.3 Å². The predicted octanol–water partition coefficient (Wildman–Crippen LogP) is 4.37. The van der Waals surface area contributed by atoms with Crippen LogP contribution in [0.4, 0.5) is 5.69 Å². The van der Waals surface area contributed by atoms with Gasteiger partial charge in [0.05, 0.1) is 6.21 Å². The Kier molecular flexibility index (Phi) is 3.62. The minimum Gasteiger partial charge on any atom is -0.378 e. The molecule has 2 bridgehead atoms. The summed E-state index contributed by atoms with van der Waals surface area (Å²) in [6.07, 6.45) is 5.60. The van der Waals surface area contributed by atoms with Gasteiger partial charge in [0.2, 0.25) is 0 Å². The van der Waals surface area contributed by atoms with E-state index in [1.807, 2.05) is 20.3 Å². The summed E-state index contributed by atoms with van der Waals surface area (Å²) in [5, 5.41) is 8.98. The van der Waals surface area contributed by atoms with Crippen LogP contribution in [0.15, 0.2) is 34.5 Å². The van der Waals surface area contributed by atoms with Crippen molar-refractivity contribution in [3.63, 3.8) is 0 Å². The van der Waals surface area contributed by atoms with E-state index < -0.39 is 0 Å². The van der Waals surface area contributed by atoms with Crippen molar-refractivity contribution in [1.82, 2.24) is 0 Å². The number of anilines is 1. The van der Waals surface area contributed by atoms with E-state index in [0.717, 1.165) is 17.9 Å². The molecule has 0 radical (unpaired) electrons. The number of benzene rings is 1. The van der Waals surface area contributed by atoms with Crippen LogP contribution in [0.25, 0.3) is 0 Å². The van der Waals surface area contributed by atoms with Crippen LogP contribution >= 0.6 is 0 Å². The second-order valence-electron chi connectivity index (χ2n) is 7.77. The highest BCUT2D eigenvalue weighted by Gasteiger charge is 2.59. The van der Waals surface area contributed by atoms with Crippen LogP contribution in [0.2, 0.25) is 0 Å². The number of hydrogen-bond donors (Lipinski definition) is 0. The lowest BCUT2D eigenvalue weighted by atomic mass is 9.70. The van der Waals surface area contributed by atoms with Crippen molar-refractivity contribution < 1.29 is 0 Å². The highest BCUT2D eigenvalue weighted by Crippen LogP contribution is 2.63. The Bertz CT molecular complexity index is 610. The molecule has 3 nitrogen and oxygen atoms in total. The van der Waals surface area contributed by atoms with Gasteiger partial charge in [-0.15, -0.1) is 0 Å². The van der Waals surface area contributed by atoms with Crippen molar-refractivity contribution in [2.75, 3.05) is 19.0 Å². The molecule has 0 heterocycles. The Labute approximate surface area is 134 Å². The van der Waals surface area contributed by atoms with Crippen molar-refractivity contribution in [1.29, 1.82) is 0 Å². The number of fused-ring (bicyclic) bond motifs is 2. The smallest absolute Gasteiger partial charge is 0.0568 e. The topological polar surface area (TPSA) is 28.0 Å². The molecule has 2 fully saturated rings. The van der Waals surface area contributed by atoms with E-state index in [2.05, 4.69) is 60.1 Å². The zero-order chi connectivity index (χ0) is 16.0. The first-order valence-electron chi connectivity index (χ1n) is 8.22. The largest absolute Gasteiger partial charge is 0.378 e. The summed E-state index contributed by atoms with van der Waals surface area (Å²) in [6, 6.07) is 8.39. The van der Waals surface area contributed by atoms with Gasteiger partial charge in [-0.25, -0.2) is 0 Å². The first kappa shape index (κ1) is 15.3. The average Bonchev–Trinajstić information content (AvgIpc) is 2.81. The molecule has 3 rings (SSSR count). The Morgan fingerprint density at radius 1 is 1.14 bits per heavy atom. The van der Waals surface area contributed by atoms with Gasteiger partial charge in [-0.3, -0.25) is 0 Å². The number of hydrogen-bond acceptors (Lipinski definition) is 3. The van der Waals surface area contributed by atoms with Crippen LogP contribution in [0.5, 0.6) is 0 Å². The van der Waals surface area contributed by atoms with Crippen LogP contribution in [0.1, 0.15) is 45.6 Å². The first-order chi connectivity index (χ1) is 10.3. The second kappa shape index (κ2) is 5.22. The summed E-state index contributed by atoms with van der Waals surface area (Å²) in [6.45, 7) is 7.17. The molecular weight excluding hydrogens is 270 g/mol. The predicted molar refractivity (Wildman–Crippen MR) is 95.0 cm³/mol. The molecule has 3 heteroatoms. The van der Waals surface area contributed by atoms with E-state index in [4.69, 9.17) is 0 Å². The summed E-state index contributed by atoms with van der Waals surface area (Å²) in [5.74, 6) is 0.783. The van der Waals surface area contributed by atoms with Gasteiger partial charge < -0.3 is 4.90 Å².